The highest BCUT2D eigenvalue weighted by atomic mass is 16.7. The van der Waals surface area contributed by atoms with Crippen LogP contribution in [0.15, 0.2) is 48.7 Å². The van der Waals surface area contributed by atoms with Crippen molar-refractivity contribution in [3.8, 4) is 11.5 Å². The molecule has 98 valence electrons. The minimum Gasteiger partial charge on any atom is -0.454 e. The molecule has 0 unspecified atom stereocenters. The summed E-state index contributed by atoms with van der Waals surface area (Å²) < 4.78 is 10.6. The normalized spacial score (nSPS) is 12.8. The lowest BCUT2D eigenvalue weighted by atomic mass is 10.0. The molecule has 4 rings (SSSR count). The van der Waals surface area contributed by atoms with Crippen LogP contribution in [0.2, 0.25) is 0 Å². The van der Waals surface area contributed by atoms with Crippen LogP contribution in [0.25, 0.3) is 10.9 Å². The fourth-order valence-electron chi connectivity index (χ4n) is 2.45. The van der Waals surface area contributed by atoms with Crippen LogP contribution in [0, 0.1) is 0 Å². The third kappa shape index (κ3) is 1.58. The number of carbonyl (C=O) groups excluding carboxylic acids is 1. The van der Waals surface area contributed by atoms with E-state index < -0.39 is 0 Å². The summed E-state index contributed by atoms with van der Waals surface area (Å²) in [4.78, 5) is 15.7. The summed E-state index contributed by atoms with van der Waals surface area (Å²) in [5.74, 6) is 1.27. The third-order valence-electron chi connectivity index (χ3n) is 3.47. The molecule has 0 bridgehead atoms. The molecular weight excluding hydrogens is 254 g/mol. The second-order valence-electron chi connectivity index (χ2n) is 4.65. The van der Waals surface area contributed by atoms with E-state index in [-0.39, 0.29) is 12.6 Å². The van der Waals surface area contributed by atoms with Crippen LogP contribution in [0.3, 0.4) is 0 Å². The van der Waals surface area contributed by atoms with E-state index in [2.05, 4.69) is 4.98 Å². The van der Waals surface area contributed by atoms with Crippen LogP contribution in [-0.2, 0) is 0 Å². The Morgan fingerprint density at radius 1 is 1.05 bits per heavy atom. The molecule has 1 N–H and O–H groups in total. The van der Waals surface area contributed by atoms with Gasteiger partial charge in [-0.2, -0.15) is 0 Å². The van der Waals surface area contributed by atoms with E-state index in [1.54, 1.807) is 24.4 Å². The number of fused-ring (bicyclic) bond motifs is 2. The summed E-state index contributed by atoms with van der Waals surface area (Å²) in [5, 5.41) is 0.926. The lowest BCUT2D eigenvalue weighted by Gasteiger charge is -2.01. The number of aromatic amines is 1. The number of H-pyrrole nitrogens is 1. The first kappa shape index (κ1) is 11.1. The van der Waals surface area contributed by atoms with Gasteiger partial charge < -0.3 is 14.5 Å². The molecule has 4 heteroatoms. The summed E-state index contributed by atoms with van der Waals surface area (Å²) in [5.41, 5.74) is 2.22. The molecule has 1 aromatic heterocycles. The van der Waals surface area contributed by atoms with Gasteiger partial charge in [0.05, 0.1) is 0 Å². The monoisotopic (exact) mass is 265 g/mol. The quantitative estimate of drug-likeness (QED) is 0.724. The molecule has 1 aliphatic rings. The van der Waals surface area contributed by atoms with Crippen LogP contribution in [-0.4, -0.2) is 17.6 Å². The largest absolute Gasteiger partial charge is 0.454 e. The van der Waals surface area contributed by atoms with Gasteiger partial charge in [-0.15, -0.1) is 0 Å². The average Bonchev–Trinajstić information content (AvgIpc) is 3.12. The molecule has 0 amide bonds. The van der Waals surface area contributed by atoms with Crippen molar-refractivity contribution in [2.45, 2.75) is 0 Å². The number of nitrogens with one attached hydrogen (secondary N) is 1. The van der Waals surface area contributed by atoms with Gasteiger partial charge in [0.25, 0.3) is 0 Å². The number of hydrogen-bond acceptors (Lipinski definition) is 3. The first-order valence-corrected chi connectivity index (χ1v) is 6.33. The Morgan fingerprint density at radius 2 is 1.90 bits per heavy atom. The number of carbonyl (C=O) groups is 1. The van der Waals surface area contributed by atoms with Crippen molar-refractivity contribution < 1.29 is 14.3 Å². The summed E-state index contributed by atoms with van der Waals surface area (Å²) in [7, 11) is 0. The summed E-state index contributed by atoms with van der Waals surface area (Å²) in [6.45, 7) is 0.208. The maximum atomic E-state index is 12.6. The first-order chi connectivity index (χ1) is 9.83. The molecule has 4 nitrogen and oxygen atoms in total. The van der Waals surface area contributed by atoms with Crippen molar-refractivity contribution in [1.82, 2.24) is 4.98 Å². The Labute approximate surface area is 114 Å². The number of aromatic nitrogens is 1. The first-order valence-electron chi connectivity index (χ1n) is 6.33. The van der Waals surface area contributed by atoms with Gasteiger partial charge in [0.1, 0.15) is 0 Å². The Hall–Kier alpha value is -2.75. The number of ketones is 1. The second-order valence-corrected chi connectivity index (χ2v) is 4.65. The van der Waals surface area contributed by atoms with Crippen molar-refractivity contribution in [3.63, 3.8) is 0 Å². The fraction of sp³-hybridized carbons (Fsp3) is 0.0625. The molecule has 0 aliphatic carbocycles. The zero-order chi connectivity index (χ0) is 13.5. The van der Waals surface area contributed by atoms with Gasteiger partial charge in [-0.05, 0) is 24.3 Å². The molecule has 0 radical (unpaired) electrons. The van der Waals surface area contributed by atoms with Gasteiger partial charge in [0.15, 0.2) is 17.3 Å². The highest BCUT2D eigenvalue weighted by Gasteiger charge is 2.19. The van der Waals surface area contributed by atoms with Crippen molar-refractivity contribution in [2.75, 3.05) is 6.79 Å². The molecule has 2 aromatic carbocycles. The van der Waals surface area contributed by atoms with Crippen LogP contribution >= 0.6 is 0 Å². The molecule has 3 aromatic rings. The SMILES string of the molecule is O=C(c1ccc2c(c1)OCO2)c1c[nH]c2ccccc12. The predicted molar refractivity (Wildman–Crippen MR) is 74.3 cm³/mol. The number of ether oxygens (including phenoxy) is 2. The third-order valence-corrected chi connectivity index (χ3v) is 3.47. The van der Waals surface area contributed by atoms with Crippen molar-refractivity contribution in [2.24, 2.45) is 0 Å². The topological polar surface area (TPSA) is 51.3 Å². The van der Waals surface area contributed by atoms with Gasteiger partial charge in [-0.1, -0.05) is 18.2 Å². The molecule has 0 fully saturated rings. The highest BCUT2D eigenvalue weighted by Crippen LogP contribution is 2.33. The number of rotatable bonds is 2. The van der Waals surface area contributed by atoms with Gasteiger partial charge >= 0.3 is 0 Å². The van der Waals surface area contributed by atoms with Crippen molar-refractivity contribution in [3.05, 3.63) is 59.8 Å². The van der Waals surface area contributed by atoms with E-state index in [1.165, 1.54) is 0 Å². The van der Waals surface area contributed by atoms with Crippen LogP contribution in [0.5, 0.6) is 11.5 Å². The average molecular weight is 265 g/mol. The van der Waals surface area contributed by atoms with Gasteiger partial charge in [-0.3, -0.25) is 4.79 Å². The van der Waals surface area contributed by atoms with E-state index in [0.717, 1.165) is 10.9 Å². The summed E-state index contributed by atoms with van der Waals surface area (Å²) >= 11 is 0. The zero-order valence-corrected chi connectivity index (χ0v) is 10.6. The number of hydrogen-bond donors (Lipinski definition) is 1. The van der Waals surface area contributed by atoms with Gasteiger partial charge in [-0.25, -0.2) is 0 Å². The molecule has 2 heterocycles. The Balaban J connectivity index is 1.80. The van der Waals surface area contributed by atoms with Gasteiger partial charge in [0, 0.05) is 28.2 Å². The minimum absolute atomic E-state index is 0.0271. The van der Waals surface area contributed by atoms with Crippen molar-refractivity contribution >= 4 is 16.7 Å². The molecule has 20 heavy (non-hydrogen) atoms. The van der Waals surface area contributed by atoms with Crippen LogP contribution in [0.4, 0.5) is 0 Å². The summed E-state index contributed by atoms with van der Waals surface area (Å²) in [6.07, 6.45) is 1.75. The minimum atomic E-state index is -0.0271. The fourth-order valence-corrected chi connectivity index (χ4v) is 2.45. The molecule has 0 spiro atoms. The lowest BCUT2D eigenvalue weighted by Crippen LogP contribution is -2.00. The standard InChI is InChI=1S/C16H11NO3/c18-16(10-5-6-14-15(7-10)20-9-19-14)12-8-17-13-4-2-1-3-11(12)13/h1-8,17H,9H2. The molecular formula is C16H11NO3. The van der Waals surface area contributed by atoms with Crippen LogP contribution in [0.1, 0.15) is 15.9 Å². The van der Waals surface area contributed by atoms with E-state index in [9.17, 15) is 4.79 Å². The Kier molecular flexibility index (Phi) is 2.29. The van der Waals surface area contributed by atoms with E-state index >= 15 is 0 Å². The summed E-state index contributed by atoms with van der Waals surface area (Å²) in [6, 6.07) is 13.0. The number of benzene rings is 2. The zero-order valence-electron chi connectivity index (χ0n) is 10.6. The van der Waals surface area contributed by atoms with E-state index in [0.29, 0.717) is 22.6 Å². The molecule has 0 saturated heterocycles. The smallest absolute Gasteiger partial charge is 0.231 e. The molecule has 1 aliphatic heterocycles. The van der Waals surface area contributed by atoms with E-state index in [1.807, 2.05) is 24.3 Å². The van der Waals surface area contributed by atoms with E-state index in [4.69, 9.17) is 9.47 Å². The van der Waals surface area contributed by atoms with Crippen molar-refractivity contribution in [1.29, 1.82) is 0 Å². The Morgan fingerprint density at radius 3 is 2.85 bits per heavy atom. The maximum absolute atomic E-state index is 12.6. The van der Waals surface area contributed by atoms with Gasteiger partial charge in [0.2, 0.25) is 6.79 Å². The highest BCUT2D eigenvalue weighted by molar-refractivity contribution is 6.16. The second kappa shape index (κ2) is 4.13. The molecule has 0 atom stereocenters. The number of para-hydroxylation sites is 1. The maximum Gasteiger partial charge on any atom is 0.231 e. The lowest BCUT2D eigenvalue weighted by molar-refractivity contribution is 0.104. The van der Waals surface area contributed by atoms with Crippen LogP contribution < -0.4 is 9.47 Å². The predicted octanol–water partition coefficient (Wildman–Crippen LogP) is 3.13. The Bertz CT molecular complexity index is 819. The molecule has 0 saturated carbocycles.